The molecule has 0 fully saturated rings. The van der Waals surface area contributed by atoms with Gasteiger partial charge in [-0.05, 0) is 47.9 Å². The highest BCUT2D eigenvalue weighted by Gasteiger charge is 2.22. The summed E-state index contributed by atoms with van der Waals surface area (Å²) in [7, 11) is 0. The first-order chi connectivity index (χ1) is 8.34. The Hall–Kier alpha value is -1.63. The van der Waals surface area contributed by atoms with E-state index in [-0.39, 0.29) is 5.82 Å². The third-order valence-corrected chi connectivity index (χ3v) is 3.68. The van der Waals surface area contributed by atoms with Crippen molar-refractivity contribution < 1.29 is 4.39 Å². The topological polar surface area (TPSA) is 0 Å². The normalized spacial score (nSPS) is 18.1. The van der Waals surface area contributed by atoms with Crippen molar-refractivity contribution in [2.24, 2.45) is 0 Å². The van der Waals surface area contributed by atoms with Crippen molar-refractivity contribution in [3.8, 4) is 0 Å². The SMILES string of the molecule is Fc1ccccc1CC1CCc2ccccc21. The fourth-order valence-corrected chi connectivity index (χ4v) is 2.79. The van der Waals surface area contributed by atoms with Gasteiger partial charge in [-0.3, -0.25) is 0 Å². The lowest BCUT2D eigenvalue weighted by Crippen LogP contribution is -2.00. The molecule has 0 aliphatic heterocycles. The first-order valence-electron chi connectivity index (χ1n) is 6.16. The molecule has 17 heavy (non-hydrogen) atoms. The molecule has 1 aliphatic rings. The molecule has 0 radical (unpaired) electrons. The molecule has 1 atom stereocenters. The minimum Gasteiger partial charge on any atom is -0.207 e. The van der Waals surface area contributed by atoms with Crippen LogP contribution in [0.3, 0.4) is 0 Å². The van der Waals surface area contributed by atoms with Gasteiger partial charge in [0.2, 0.25) is 0 Å². The molecule has 1 heteroatoms. The fraction of sp³-hybridized carbons (Fsp3) is 0.250. The zero-order chi connectivity index (χ0) is 11.7. The molecule has 0 spiro atoms. The van der Waals surface area contributed by atoms with Crippen molar-refractivity contribution in [3.05, 3.63) is 71.0 Å². The zero-order valence-electron chi connectivity index (χ0n) is 9.70. The molecule has 0 amide bonds. The van der Waals surface area contributed by atoms with E-state index in [0.29, 0.717) is 5.92 Å². The Bertz CT molecular complexity index is 531. The van der Waals surface area contributed by atoms with Crippen LogP contribution in [0, 0.1) is 5.82 Å². The first-order valence-corrected chi connectivity index (χ1v) is 6.16. The summed E-state index contributed by atoms with van der Waals surface area (Å²) in [5.74, 6) is 0.417. The van der Waals surface area contributed by atoms with Gasteiger partial charge in [-0.25, -0.2) is 4.39 Å². The Morgan fingerprint density at radius 2 is 1.76 bits per heavy atom. The zero-order valence-corrected chi connectivity index (χ0v) is 9.70. The van der Waals surface area contributed by atoms with E-state index in [1.165, 1.54) is 11.1 Å². The van der Waals surface area contributed by atoms with Crippen molar-refractivity contribution >= 4 is 0 Å². The number of benzene rings is 2. The highest BCUT2D eigenvalue weighted by molar-refractivity contribution is 5.36. The maximum atomic E-state index is 13.6. The minimum atomic E-state index is -0.0723. The smallest absolute Gasteiger partial charge is 0.126 e. The van der Waals surface area contributed by atoms with Crippen LogP contribution in [-0.2, 0) is 12.8 Å². The molecule has 1 unspecified atom stereocenters. The minimum absolute atomic E-state index is 0.0723. The van der Waals surface area contributed by atoms with Crippen LogP contribution < -0.4 is 0 Å². The molecule has 0 N–H and O–H groups in total. The Labute approximate surface area is 101 Å². The molecule has 0 heterocycles. The van der Waals surface area contributed by atoms with E-state index >= 15 is 0 Å². The lowest BCUT2D eigenvalue weighted by molar-refractivity contribution is 0.586. The van der Waals surface area contributed by atoms with E-state index in [0.717, 1.165) is 24.8 Å². The highest BCUT2D eigenvalue weighted by atomic mass is 19.1. The molecule has 0 bridgehead atoms. The van der Waals surface area contributed by atoms with E-state index in [2.05, 4.69) is 24.3 Å². The second kappa shape index (κ2) is 4.33. The standard InChI is InChI=1S/C16H15F/c17-16-8-4-2-6-14(16)11-13-10-9-12-5-1-3-7-15(12)13/h1-8,13H,9-11H2. The van der Waals surface area contributed by atoms with Gasteiger partial charge >= 0.3 is 0 Å². The molecular weight excluding hydrogens is 211 g/mol. The molecule has 3 rings (SSSR count). The maximum Gasteiger partial charge on any atom is 0.126 e. The molecule has 0 aromatic heterocycles. The predicted molar refractivity (Wildman–Crippen MR) is 67.6 cm³/mol. The summed E-state index contributed by atoms with van der Waals surface area (Å²) in [6.07, 6.45) is 3.10. The number of aryl methyl sites for hydroxylation is 1. The summed E-state index contributed by atoms with van der Waals surface area (Å²) < 4.78 is 13.6. The van der Waals surface area contributed by atoms with Crippen molar-refractivity contribution in [3.63, 3.8) is 0 Å². The molecule has 0 saturated heterocycles. The van der Waals surface area contributed by atoms with E-state index in [1.54, 1.807) is 12.1 Å². The lowest BCUT2D eigenvalue weighted by atomic mass is 9.93. The summed E-state index contributed by atoms with van der Waals surface area (Å²) in [5, 5.41) is 0. The molecule has 1 aliphatic carbocycles. The van der Waals surface area contributed by atoms with Crippen LogP contribution in [0.2, 0.25) is 0 Å². The monoisotopic (exact) mass is 226 g/mol. The van der Waals surface area contributed by atoms with E-state index in [9.17, 15) is 4.39 Å². The van der Waals surface area contributed by atoms with Gasteiger partial charge in [0.05, 0.1) is 0 Å². The highest BCUT2D eigenvalue weighted by Crippen LogP contribution is 2.35. The van der Waals surface area contributed by atoms with Gasteiger partial charge in [0, 0.05) is 0 Å². The quantitative estimate of drug-likeness (QED) is 0.723. The molecular formula is C16H15F. The maximum absolute atomic E-state index is 13.6. The molecule has 2 aromatic carbocycles. The summed E-state index contributed by atoms with van der Waals surface area (Å²) in [6, 6.07) is 15.7. The van der Waals surface area contributed by atoms with Gasteiger partial charge < -0.3 is 0 Å². The van der Waals surface area contributed by atoms with E-state index < -0.39 is 0 Å². The van der Waals surface area contributed by atoms with Crippen molar-refractivity contribution in [1.82, 2.24) is 0 Å². The Kier molecular flexibility index (Phi) is 2.68. The summed E-state index contributed by atoms with van der Waals surface area (Å²) in [5.41, 5.74) is 3.69. The number of fused-ring (bicyclic) bond motifs is 1. The van der Waals surface area contributed by atoms with Crippen LogP contribution in [0.5, 0.6) is 0 Å². The number of hydrogen-bond donors (Lipinski definition) is 0. The van der Waals surface area contributed by atoms with Crippen molar-refractivity contribution in [2.45, 2.75) is 25.2 Å². The van der Waals surface area contributed by atoms with Crippen LogP contribution in [0.1, 0.15) is 29.0 Å². The summed E-state index contributed by atoms with van der Waals surface area (Å²) >= 11 is 0. The van der Waals surface area contributed by atoms with Gasteiger partial charge in [0.25, 0.3) is 0 Å². The molecule has 0 nitrogen and oxygen atoms in total. The lowest BCUT2D eigenvalue weighted by Gasteiger charge is -2.12. The van der Waals surface area contributed by atoms with E-state index in [1.807, 2.05) is 12.1 Å². The van der Waals surface area contributed by atoms with Gasteiger partial charge in [-0.15, -0.1) is 0 Å². The number of hydrogen-bond acceptors (Lipinski definition) is 0. The first kappa shape index (κ1) is 10.5. The third kappa shape index (κ3) is 1.97. The van der Waals surface area contributed by atoms with Crippen LogP contribution in [0.15, 0.2) is 48.5 Å². The number of rotatable bonds is 2. The molecule has 2 aromatic rings. The van der Waals surface area contributed by atoms with E-state index in [4.69, 9.17) is 0 Å². The molecule has 0 saturated carbocycles. The van der Waals surface area contributed by atoms with Gasteiger partial charge in [0.1, 0.15) is 5.82 Å². The Morgan fingerprint density at radius 1 is 1.00 bits per heavy atom. The van der Waals surface area contributed by atoms with Gasteiger partial charge in [-0.2, -0.15) is 0 Å². The van der Waals surface area contributed by atoms with Gasteiger partial charge in [0.15, 0.2) is 0 Å². The van der Waals surface area contributed by atoms with Crippen LogP contribution in [0.25, 0.3) is 0 Å². The van der Waals surface area contributed by atoms with Crippen LogP contribution >= 0.6 is 0 Å². The fourth-order valence-electron chi connectivity index (χ4n) is 2.79. The Morgan fingerprint density at radius 3 is 2.65 bits per heavy atom. The second-order valence-electron chi connectivity index (χ2n) is 4.73. The van der Waals surface area contributed by atoms with Crippen LogP contribution in [0.4, 0.5) is 4.39 Å². The Balaban J connectivity index is 1.87. The predicted octanol–water partition coefficient (Wildman–Crippen LogP) is 4.10. The largest absolute Gasteiger partial charge is 0.207 e. The average Bonchev–Trinajstić information content (AvgIpc) is 2.76. The van der Waals surface area contributed by atoms with Crippen molar-refractivity contribution in [2.75, 3.05) is 0 Å². The van der Waals surface area contributed by atoms with Crippen LogP contribution in [-0.4, -0.2) is 0 Å². The summed E-state index contributed by atoms with van der Waals surface area (Å²) in [4.78, 5) is 0. The van der Waals surface area contributed by atoms with Gasteiger partial charge in [-0.1, -0.05) is 42.5 Å². The summed E-state index contributed by atoms with van der Waals surface area (Å²) in [6.45, 7) is 0. The molecule has 86 valence electrons. The number of halogens is 1. The second-order valence-corrected chi connectivity index (χ2v) is 4.73. The van der Waals surface area contributed by atoms with Crippen molar-refractivity contribution in [1.29, 1.82) is 0 Å². The average molecular weight is 226 g/mol. The third-order valence-electron chi connectivity index (χ3n) is 3.68.